The van der Waals surface area contributed by atoms with Crippen LogP contribution >= 0.6 is 0 Å². The van der Waals surface area contributed by atoms with Gasteiger partial charge in [-0.3, -0.25) is 0 Å². The fourth-order valence-corrected chi connectivity index (χ4v) is 1.44. The first-order valence-electron chi connectivity index (χ1n) is 6.41. The van der Waals surface area contributed by atoms with E-state index in [2.05, 4.69) is 17.2 Å². The lowest BCUT2D eigenvalue weighted by Crippen LogP contribution is -2.25. The van der Waals surface area contributed by atoms with E-state index >= 15 is 0 Å². The minimum Gasteiger partial charge on any atom is -0.477 e. The Morgan fingerprint density at radius 2 is 2.17 bits per heavy atom. The Bertz CT molecular complexity index is 353. The van der Waals surface area contributed by atoms with E-state index in [1.54, 1.807) is 13.3 Å². The predicted octanol–water partition coefficient (Wildman–Crippen LogP) is 2.39. The third-order valence-electron chi connectivity index (χ3n) is 2.91. The zero-order valence-corrected chi connectivity index (χ0v) is 11.8. The third-order valence-corrected chi connectivity index (χ3v) is 2.91. The molecule has 0 unspecified atom stereocenters. The summed E-state index contributed by atoms with van der Waals surface area (Å²) in [4.78, 5) is 4.27. The number of methoxy groups -OCH3 is 1. The lowest BCUT2D eigenvalue weighted by atomic mass is 10.1. The maximum Gasteiger partial charge on any atom is 0.217 e. The number of hydrogen-bond acceptors (Lipinski definition) is 4. The number of nitrogens with zero attached hydrogens (tertiary/aromatic N) is 1. The Balaban J connectivity index is 2.51. The van der Waals surface area contributed by atoms with Crippen LogP contribution in [0.1, 0.15) is 32.8 Å². The molecular formula is C14H24N2O2. The van der Waals surface area contributed by atoms with Crippen molar-refractivity contribution < 1.29 is 9.47 Å². The lowest BCUT2D eigenvalue weighted by molar-refractivity contribution is 0.00499. The second kappa shape index (κ2) is 7.34. The van der Waals surface area contributed by atoms with Gasteiger partial charge in [0.1, 0.15) is 0 Å². The van der Waals surface area contributed by atoms with Crippen molar-refractivity contribution in [2.75, 3.05) is 20.3 Å². The average molecular weight is 252 g/mol. The van der Waals surface area contributed by atoms with E-state index in [1.807, 2.05) is 26.0 Å². The molecule has 102 valence electrons. The molecule has 1 heterocycles. The van der Waals surface area contributed by atoms with E-state index in [0.717, 1.165) is 25.1 Å². The molecule has 0 atom stereocenters. The van der Waals surface area contributed by atoms with E-state index in [9.17, 15) is 0 Å². The molecule has 1 aromatic rings. The molecule has 0 amide bonds. The van der Waals surface area contributed by atoms with Crippen LogP contribution in [0, 0.1) is 0 Å². The second-order valence-electron chi connectivity index (χ2n) is 4.81. The van der Waals surface area contributed by atoms with Gasteiger partial charge < -0.3 is 14.8 Å². The summed E-state index contributed by atoms with van der Waals surface area (Å²) in [6, 6.07) is 3.96. The molecule has 0 bridgehead atoms. The van der Waals surface area contributed by atoms with Gasteiger partial charge in [0.25, 0.3) is 0 Å². The second-order valence-corrected chi connectivity index (χ2v) is 4.81. The Hall–Kier alpha value is -1.13. The van der Waals surface area contributed by atoms with Gasteiger partial charge in [-0.2, -0.15) is 0 Å². The van der Waals surface area contributed by atoms with Crippen molar-refractivity contribution in [1.82, 2.24) is 10.3 Å². The van der Waals surface area contributed by atoms with E-state index in [4.69, 9.17) is 9.47 Å². The van der Waals surface area contributed by atoms with Gasteiger partial charge in [-0.15, -0.1) is 0 Å². The van der Waals surface area contributed by atoms with Crippen LogP contribution in [0.2, 0.25) is 0 Å². The summed E-state index contributed by atoms with van der Waals surface area (Å²) in [6.07, 6.45) is 2.59. The highest BCUT2D eigenvalue weighted by Crippen LogP contribution is 2.17. The van der Waals surface area contributed by atoms with E-state index in [-0.39, 0.29) is 5.60 Å². The first kappa shape index (κ1) is 14.9. The van der Waals surface area contributed by atoms with Crippen LogP contribution in [0.3, 0.4) is 0 Å². The fourth-order valence-electron chi connectivity index (χ4n) is 1.44. The molecule has 0 aliphatic carbocycles. The lowest BCUT2D eigenvalue weighted by Gasteiger charge is -2.22. The molecule has 4 nitrogen and oxygen atoms in total. The summed E-state index contributed by atoms with van der Waals surface area (Å²) in [5.41, 5.74) is 0.936. The molecule has 0 fully saturated rings. The SMILES string of the molecule is CCNCc1cccnc1OCCC(C)(C)OC. The third kappa shape index (κ3) is 5.02. The molecule has 1 rings (SSSR count). The first-order chi connectivity index (χ1) is 8.59. The Morgan fingerprint density at radius 3 is 2.83 bits per heavy atom. The van der Waals surface area contributed by atoms with Crippen molar-refractivity contribution in [3.8, 4) is 5.88 Å². The van der Waals surface area contributed by atoms with Gasteiger partial charge in [0, 0.05) is 31.8 Å². The van der Waals surface area contributed by atoms with Gasteiger partial charge >= 0.3 is 0 Å². The summed E-state index contributed by atoms with van der Waals surface area (Å²) in [5.74, 6) is 0.713. The number of aromatic nitrogens is 1. The summed E-state index contributed by atoms with van der Waals surface area (Å²) >= 11 is 0. The van der Waals surface area contributed by atoms with Crippen LogP contribution in [0.25, 0.3) is 0 Å². The summed E-state index contributed by atoms with van der Waals surface area (Å²) < 4.78 is 11.1. The van der Waals surface area contributed by atoms with Gasteiger partial charge in [-0.25, -0.2) is 4.98 Å². The number of pyridine rings is 1. The molecule has 4 heteroatoms. The molecule has 0 aliphatic rings. The number of rotatable bonds is 8. The quantitative estimate of drug-likeness (QED) is 0.771. The molecule has 0 saturated heterocycles. The van der Waals surface area contributed by atoms with E-state index in [0.29, 0.717) is 12.5 Å². The zero-order chi connectivity index (χ0) is 13.4. The molecule has 0 saturated carbocycles. The molecule has 0 aromatic carbocycles. The highest BCUT2D eigenvalue weighted by molar-refractivity contribution is 5.25. The minimum absolute atomic E-state index is 0.156. The molecule has 1 aromatic heterocycles. The van der Waals surface area contributed by atoms with Crippen molar-refractivity contribution in [2.45, 2.75) is 39.3 Å². The van der Waals surface area contributed by atoms with Crippen LogP contribution in [-0.2, 0) is 11.3 Å². The molecule has 0 spiro atoms. The standard InChI is InChI=1S/C14H24N2O2/c1-5-15-11-12-7-6-9-16-13(12)18-10-8-14(2,3)17-4/h6-7,9,15H,5,8,10-11H2,1-4H3. The molecule has 0 aliphatic heterocycles. The Labute approximate surface area is 110 Å². The smallest absolute Gasteiger partial charge is 0.217 e. The monoisotopic (exact) mass is 252 g/mol. The zero-order valence-electron chi connectivity index (χ0n) is 11.8. The first-order valence-corrected chi connectivity index (χ1v) is 6.41. The highest BCUT2D eigenvalue weighted by Gasteiger charge is 2.16. The largest absolute Gasteiger partial charge is 0.477 e. The Morgan fingerprint density at radius 1 is 1.39 bits per heavy atom. The number of hydrogen-bond donors (Lipinski definition) is 1. The maximum absolute atomic E-state index is 5.74. The summed E-state index contributed by atoms with van der Waals surface area (Å²) in [5, 5.41) is 3.28. The van der Waals surface area contributed by atoms with Gasteiger partial charge in [0.05, 0.1) is 12.2 Å². The van der Waals surface area contributed by atoms with Crippen LogP contribution in [0.4, 0.5) is 0 Å². The normalized spacial score (nSPS) is 11.6. The van der Waals surface area contributed by atoms with E-state index < -0.39 is 0 Å². The van der Waals surface area contributed by atoms with Crippen LogP contribution < -0.4 is 10.1 Å². The molecule has 18 heavy (non-hydrogen) atoms. The summed E-state index contributed by atoms with van der Waals surface area (Å²) in [6.45, 7) is 8.51. The van der Waals surface area contributed by atoms with Gasteiger partial charge in [0.2, 0.25) is 5.88 Å². The highest BCUT2D eigenvalue weighted by atomic mass is 16.5. The van der Waals surface area contributed by atoms with Gasteiger partial charge in [-0.1, -0.05) is 13.0 Å². The van der Waals surface area contributed by atoms with Gasteiger partial charge in [0.15, 0.2) is 0 Å². The maximum atomic E-state index is 5.74. The van der Waals surface area contributed by atoms with Crippen LogP contribution in [-0.4, -0.2) is 30.8 Å². The minimum atomic E-state index is -0.156. The van der Waals surface area contributed by atoms with Crippen molar-refractivity contribution >= 4 is 0 Å². The Kier molecular flexibility index (Phi) is 6.09. The van der Waals surface area contributed by atoms with E-state index in [1.165, 1.54) is 0 Å². The predicted molar refractivity (Wildman–Crippen MR) is 72.8 cm³/mol. The number of ether oxygens (including phenoxy) is 2. The molecule has 0 radical (unpaired) electrons. The van der Waals surface area contributed by atoms with Crippen molar-refractivity contribution in [2.24, 2.45) is 0 Å². The van der Waals surface area contributed by atoms with Crippen molar-refractivity contribution in [1.29, 1.82) is 0 Å². The number of nitrogens with one attached hydrogen (secondary N) is 1. The van der Waals surface area contributed by atoms with Gasteiger partial charge in [-0.05, 0) is 26.5 Å². The summed E-state index contributed by atoms with van der Waals surface area (Å²) in [7, 11) is 1.72. The molecular weight excluding hydrogens is 228 g/mol. The van der Waals surface area contributed by atoms with Crippen LogP contribution in [0.5, 0.6) is 5.88 Å². The average Bonchev–Trinajstić information content (AvgIpc) is 2.37. The topological polar surface area (TPSA) is 43.4 Å². The van der Waals surface area contributed by atoms with Crippen molar-refractivity contribution in [3.63, 3.8) is 0 Å². The fraction of sp³-hybridized carbons (Fsp3) is 0.643. The van der Waals surface area contributed by atoms with Crippen molar-refractivity contribution in [3.05, 3.63) is 23.9 Å². The van der Waals surface area contributed by atoms with Crippen LogP contribution in [0.15, 0.2) is 18.3 Å². The molecule has 1 N–H and O–H groups in total.